The van der Waals surface area contributed by atoms with Crippen molar-refractivity contribution in [3.8, 4) is 0 Å². The van der Waals surface area contributed by atoms with Crippen molar-refractivity contribution in [1.82, 2.24) is 10.6 Å². The first-order valence-corrected chi connectivity index (χ1v) is 5.87. The van der Waals surface area contributed by atoms with Gasteiger partial charge in [0.15, 0.2) is 0 Å². The molecule has 0 saturated heterocycles. The third kappa shape index (κ3) is 5.65. The fourth-order valence-electron chi connectivity index (χ4n) is 1.59. The number of nitrogens with one attached hydrogen (secondary N) is 2. The summed E-state index contributed by atoms with van der Waals surface area (Å²) >= 11 is 0. The highest BCUT2D eigenvalue weighted by Gasteiger charge is 2.35. The van der Waals surface area contributed by atoms with Crippen molar-refractivity contribution >= 4 is 11.9 Å². The van der Waals surface area contributed by atoms with Crippen molar-refractivity contribution in [2.75, 3.05) is 26.8 Å². The average molecular weight is 244 g/mol. The third-order valence-corrected chi connectivity index (χ3v) is 2.69. The Morgan fingerprint density at radius 2 is 2.18 bits per heavy atom. The molecular weight excluding hydrogens is 224 g/mol. The lowest BCUT2D eigenvalue weighted by Crippen LogP contribution is -2.44. The maximum Gasteiger partial charge on any atom is 0.320 e. The van der Waals surface area contributed by atoms with Crippen LogP contribution in [0.1, 0.15) is 19.3 Å². The van der Waals surface area contributed by atoms with E-state index in [1.807, 2.05) is 0 Å². The minimum absolute atomic E-state index is 0.0560. The summed E-state index contributed by atoms with van der Waals surface area (Å²) in [5.74, 6) is -0.860. The number of carboxylic acids is 1. The van der Waals surface area contributed by atoms with Crippen molar-refractivity contribution in [1.29, 1.82) is 0 Å². The molecule has 0 aliphatic heterocycles. The van der Waals surface area contributed by atoms with Gasteiger partial charge in [0.1, 0.15) is 6.04 Å². The number of carbonyl (C=O) groups excluding carboxylic acids is 1. The molecule has 1 saturated carbocycles. The van der Waals surface area contributed by atoms with Gasteiger partial charge < -0.3 is 15.2 Å². The summed E-state index contributed by atoms with van der Waals surface area (Å²) in [5, 5.41) is 14.4. The molecular formula is C11H20N2O4. The van der Waals surface area contributed by atoms with Gasteiger partial charge in [-0.05, 0) is 25.2 Å². The largest absolute Gasteiger partial charge is 0.480 e. The number of ether oxygens (including phenoxy) is 1. The summed E-state index contributed by atoms with van der Waals surface area (Å²) in [6, 6.07) is -0.584. The fraction of sp³-hybridized carbons (Fsp3) is 0.818. The molecule has 1 amide bonds. The van der Waals surface area contributed by atoms with Crippen LogP contribution >= 0.6 is 0 Å². The van der Waals surface area contributed by atoms with Gasteiger partial charge in [-0.15, -0.1) is 0 Å². The molecule has 0 bridgehead atoms. The van der Waals surface area contributed by atoms with Gasteiger partial charge in [-0.3, -0.25) is 14.9 Å². The SMILES string of the molecule is COCCCNC(=O)CNC(C(=O)O)C1CC1. The van der Waals surface area contributed by atoms with Crippen LogP contribution in [0, 0.1) is 5.92 Å². The van der Waals surface area contributed by atoms with Gasteiger partial charge in [0.05, 0.1) is 6.54 Å². The molecule has 0 aromatic rings. The lowest BCUT2D eigenvalue weighted by Gasteiger charge is -2.13. The fourth-order valence-corrected chi connectivity index (χ4v) is 1.59. The quantitative estimate of drug-likeness (QED) is 0.480. The predicted octanol–water partition coefficient (Wildman–Crippen LogP) is -0.408. The summed E-state index contributed by atoms with van der Waals surface area (Å²) in [7, 11) is 1.61. The summed E-state index contributed by atoms with van der Waals surface area (Å²) < 4.78 is 4.85. The summed E-state index contributed by atoms with van der Waals surface area (Å²) in [5.41, 5.74) is 0. The summed E-state index contributed by atoms with van der Waals surface area (Å²) in [6.45, 7) is 1.21. The van der Waals surface area contributed by atoms with Crippen molar-refractivity contribution in [3.05, 3.63) is 0 Å². The van der Waals surface area contributed by atoms with E-state index in [0.717, 1.165) is 19.3 Å². The Morgan fingerprint density at radius 1 is 1.47 bits per heavy atom. The number of hydrogen-bond acceptors (Lipinski definition) is 4. The van der Waals surface area contributed by atoms with E-state index in [2.05, 4.69) is 10.6 Å². The molecule has 1 aliphatic rings. The number of aliphatic carboxylic acids is 1. The zero-order valence-electron chi connectivity index (χ0n) is 10.1. The Labute approximate surface area is 101 Å². The molecule has 1 atom stereocenters. The lowest BCUT2D eigenvalue weighted by atomic mass is 10.2. The van der Waals surface area contributed by atoms with Crippen LogP contribution in [0.2, 0.25) is 0 Å². The lowest BCUT2D eigenvalue weighted by molar-refractivity contribution is -0.140. The maximum atomic E-state index is 11.4. The molecule has 0 spiro atoms. The van der Waals surface area contributed by atoms with Gasteiger partial charge in [0.2, 0.25) is 5.91 Å². The van der Waals surface area contributed by atoms with E-state index in [1.165, 1.54) is 0 Å². The minimum Gasteiger partial charge on any atom is -0.480 e. The zero-order valence-corrected chi connectivity index (χ0v) is 10.1. The first-order valence-electron chi connectivity index (χ1n) is 5.87. The Bertz CT molecular complexity index is 266. The van der Waals surface area contributed by atoms with Crippen LogP contribution in [0.3, 0.4) is 0 Å². The molecule has 6 nitrogen and oxygen atoms in total. The van der Waals surface area contributed by atoms with Crippen LogP contribution in [0.15, 0.2) is 0 Å². The molecule has 1 aliphatic carbocycles. The third-order valence-electron chi connectivity index (χ3n) is 2.69. The maximum absolute atomic E-state index is 11.4. The molecule has 1 unspecified atom stereocenters. The second-order valence-corrected chi connectivity index (χ2v) is 4.23. The summed E-state index contributed by atoms with van der Waals surface area (Å²) in [4.78, 5) is 22.3. The first-order chi connectivity index (χ1) is 8.15. The molecule has 98 valence electrons. The molecule has 1 fully saturated rings. The van der Waals surface area contributed by atoms with Gasteiger partial charge >= 0.3 is 5.97 Å². The molecule has 1 rings (SSSR count). The molecule has 0 heterocycles. The van der Waals surface area contributed by atoms with E-state index >= 15 is 0 Å². The smallest absolute Gasteiger partial charge is 0.320 e. The molecule has 0 aromatic carbocycles. The molecule has 17 heavy (non-hydrogen) atoms. The Hall–Kier alpha value is -1.14. The number of rotatable bonds is 9. The molecule has 0 radical (unpaired) electrons. The molecule has 0 aromatic heterocycles. The van der Waals surface area contributed by atoms with Gasteiger partial charge in [0.25, 0.3) is 0 Å². The first kappa shape index (κ1) is 13.9. The van der Waals surface area contributed by atoms with Crippen LogP contribution in [0.25, 0.3) is 0 Å². The van der Waals surface area contributed by atoms with E-state index in [-0.39, 0.29) is 18.4 Å². The Balaban J connectivity index is 2.11. The van der Waals surface area contributed by atoms with Crippen molar-refractivity contribution in [3.63, 3.8) is 0 Å². The monoisotopic (exact) mass is 244 g/mol. The van der Waals surface area contributed by atoms with Crippen LogP contribution < -0.4 is 10.6 Å². The van der Waals surface area contributed by atoms with Crippen LogP contribution in [0.5, 0.6) is 0 Å². The van der Waals surface area contributed by atoms with Gasteiger partial charge in [-0.25, -0.2) is 0 Å². The van der Waals surface area contributed by atoms with E-state index in [4.69, 9.17) is 9.84 Å². The number of methoxy groups -OCH3 is 1. The highest BCUT2D eigenvalue weighted by molar-refractivity contribution is 5.80. The highest BCUT2D eigenvalue weighted by Crippen LogP contribution is 2.32. The van der Waals surface area contributed by atoms with Gasteiger partial charge in [-0.2, -0.15) is 0 Å². The Morgan fingerprint density at radius 3 is 2.71 bits per heavy atom. The van der Waals surface area contributed by atoms with Gasteiger partial charge in [0, 0.05) is 20.3 Å². The van der Waals surface area contributed by atoms with Crippen molar-refractivity contribution in [2.24, 2.45) is 5.92 Å². The van der Waals surface area contributed by atoms with E-state index in [9.17, 15) is 9.59 Å². The van der Waals surface area contributed by atoms with E-state index in [1.54, 1.807) is 7.11 Å². The zero-order chi connectivity index (χ0) is 12.7. The second-order valence-electron chi connectivity index (χ2n) is 4.23. The van der Waals surface area contributed by atoms with Crippen molar-refractivity contribution in [2.45, 2.75) is 25.3 Å². The average Bonchev–Trinajstić information content (AvgIpc) is 3.08. The number of hydrogen-bond donors (Lipinski definition) is 3. The standard InChI is InChI=1S/C11H20N2O4/c1-17-6-2-5-12-9(14)7-13-10(11(15)16)8-3-4-8/h8,10,13H,2-7H2,1H3,(H,12,14)(H,15,16). The summed E-state index contributed by atoms with van der Waals surface area (Å²) in [6.07, 6.45) is 2.62. The van der Waals surface area contributed by atoms with Crippen LogP contribution in [-0.4, -0.2) is 49.8 Å². The van der Waals surface area contributed by atoms with Gasteiger partial charge in [-0.1, -0.05) is 0 Å². The minimum atomic E-state index is -0.875. The number of carbonyl (C=O) groups is 2. The van der Waals surface area contributed by atoms with Crippen molar-refractivity contribution < 1.29 is 19.4 Å². The van der Waals surface area contributed by atoms with E-state index < -0.39 is 12.0 Å². The topological polar surface area (TPSA) is 87.7 Å². The number of carboxylic acid groups (broad SMARTS) is 1. The second kappa shape index (κ2) is 7.24. The number of amides is 1. The highest BCUT2D eigenvalue weighted by atomic mass is 16.5. The normalized spacial score (nSPS) is 16.5. The molecule has 3 N–H and O–H groups in total. The molecule has 6 heteroatoms. The van der Waals surface area contributed by atoms with E-state index in [0.29, 0.717) is 13.2 Å². The van der Waals surface area contributed by atoms with Crippen LogP contribution in [-0.2, 0) is 14.3 Å². The van der Waals surface area contributed by atoms with Crippen LogP contribution in [0.4, 0.5) is 0 Å². The predicted molar refractivity (Wildman–Crippen MR) is 61.7 cm³/mol. The Kier molecular flexibility index (Phi) is 5.93.